The molecule has 0 aliphatic carbocycles. The molecule has 0 aliphatic rings. The fraction of sp³-hybridized carbons (Fsp3) is 0.412. The summed E-state index contributed by atoms with van der Waals surface area (Å²) in [5.74, 6) is 0. The van der Waals surface area contributed by atoms with Gasteiger partial charge in [-0.05, 0) is 18.4 Å². The van der Waals surface area contributed by atoms with Crippen LogP contribution in [0.3, 0.4) is 0 Å². The number of nitrogens with zero attached hydrogens (tertiary/aromatic N) is 1. The van der Waals surface area contributed by atoms with Crippen LogP contribution in [-0.4, -0.2) is 29.2 Å². The summed E-state index contributed by atoms with van der Waals surface area (Å²) >= 11 is 1.66. The highest BCUT2D eigenvalue weighted by Crippen LogP contribution is 2.14. The van der Waals surface area contributed by atoms with Crippen molar-refractivity contribution < 1.29 is 9.90 Å². The maximum absolute atomic E-state index is 11.7. The fourth-order valence-corrected chi connectivity index (χ4v) is 2.94. The van der Waals surface area contributed by atoms with E-state index in [1.165, 1.54) is 0 Å². The molecule has 2 amide bonds. The summed E-state index contributed by atoms with van der Waals surface area (Å²) in [4.78, 5) is 16.1. The first kappa shape index (κ1) is 17.4. The molecule has 3 N–H and O–H groups in total. The third-order valence-corrected chi connectivity index (χ3v) is 4.50. The molecule has 1 atom stereocenters. The molecule has 5 nitrogen and oxygen atoms in total. The zero-order chi connectivity index (χ0) is 16.5. The van der Waals surface area contributed by atoms with Crippen molar-refractivity contribution in [3.8, 4) is 0 Å². The monoisotopic (exact) mass is 333 g/mol. The van der Waals surface area contributed by atoms with Gasteiger partial charge in [0.25, 0.3) is 0 Å². The molecular formula is C17H23N3O2S. The lowest BCUT2D eigenvalue weighted by Crippen LogP contribution is -2.37. The number of carbonyl (C=O) groups is 1. The summed E-state index contributed by atoms with van der Waals surface area (Å²) in [6, 6.07) is 9.23. The molecule has 0 spiro atoms. The number of hydrogen-bond donors (Lipinski definition) is 3. The van der Waals surface area contributed by atoms with Crippen molar-refractivity contribution in [1.29, 1.82) is 0 Å². The number of aliphatic hydroxyl groups is 1. The van der Waals surface area contributed by atoms with Gasteiger partial charge >= 0.3 is 6.03 Å². The van der Waals surface area contributed by atoms with Crippen LogP contribution in [0.15, 0.2) is 35.7 Å². The Morgan fingerprint density at radius 3 is 2.70 bits per heavy atom. The predicted molar refractivity (Wildman–Crippen MR) is 92.6 cm³/mol. The minimum absolute atomic E-state index is 0.212. The smallest absolute Gasteiger partial charge is 0.314 e. The second-order valence-electron chi connectivity index (χ2n) is 5.23. The molecule has 2 rings (SSSR count). The summed E-state index contributed by atoms with van der Waals surface area (Å²) in [6.45, 7) is 3.07. The number of nitrogens with one attached hydrogen (secondary N) is 2. The molecule has 124 valence electrons. The van der Waals surface area contributed by atoms with Crippen LogP contribution in [0, 0.1) is 0 Å². The number of benzene rings is 1. The standard InChI is InChI=1S/C17H23N3O2S/c1-2-16-20-14(12-23-16)8-10-18-17(22)19-11-9-15(21)13-6-4-3-5-7-13/h3-7,12,15,21H,2,8-11H2,1H3,(H2,18,19,22). The Morgan fingerprint density at radius 2 is 2.00 bits per heavy atom. The van der Waals surface area contributed by atoms with Gasteiger partial charge in [0, 0.05) is 24.9 Å². The summed E-state index contributed by atoms with van der Waals surface area (Å²) in [7, 11) is 0. The SMILES string of the molecule is CCc1nc(CCNC(=O)NCCC(O)c2ccccc2)cs1. The van der Waals surface area contributed by atoms with Crippen molar-refractivity contribution in [2.24, 2.45) is 0 Å². The molecule has 2 aromatic rings. The van der Waals surface area contributed by atoms with Gasteiger partial charge < -0.3 is 15.7 Å². The van der Waals surface area contributed by atoms with Gasteiger partial charge in [0.05, 0.1) is 16.8 Å². The first-order chi connectivity index (χ1) is 11.2. The average molecular weight is 333 g/mol. The summed E-state index contributed by atoms with van der Waals surface area (Å²) < 4.78 is 0. The van der Waals surface area contributed by atoms with E-state index in [2.05, 4.69) is 22.5 Å². The van der Waals surface area contributed by atoms with Crippen LogP contribution in [0.2, 0.25) is 0 Å². The highest BCUT2D eigenvalue weighted by Gasteiger charge is 2.07. The van der Waals surface area contributed by atoms with Crippen LogP contribution in [0.4, 0.5) is 4.79 Å². The van der Waals surface area contributed by atoms with Crippen molar-refractivity contribution in [1.82, 2.24) is 15.6 Å². The fourth-order valence-electron chi connectivity index (χ4n) is 2.16. The van der Waals surface area contributed by atoms with Crippen LogP contribution < -0.4 is 10.6 Å². The molecule has 0 saturated heterocycles. The number of thiazole rings is 1. The zero-order valence-electron chi connectivity index (χ0n) is 13.3. The van der Waals surface area contributed by atoms with E-state index in [4.69, 9.17) is 0 Å². The van der Waals surface area contributed by atoms with Crippen molar-refractivity contribution in [3.63, 3.8) is 0 Å². The number of amides is 2. The molecule has 6 heteroatoms. The molecule has 1 aromatic carbocycles. The minimum atomic E-state index is -0.557. The number of aliphatic hydroxyl groups excluding tert-OH is 1. The minimum Gasteiger partial charge on any atom is -0.388 e. The van der Waals surface area contributed by atoms with Crippen molar-refractivity contribution >= 4 is 17.4 Å². The Balaban J connectivity index is 1.60. The molecular weight excluding hydrogens is 310 g/mol. The van der Waals surface area contributed by atoms with Crippen LogP contribution in [0.5, 0.6) is 0 Å². The van der Waals surface area contributed by atoms with E-state index in [-0.39, 0.29) is 6.03 Å². The highest BCUT2D eigenvalue weighted by molar-refractivity contribution is 7.09. The molecule has 1 aromatic heterocycles. The molecule has 0 fully saturated rings. The van der Waals surface area contributed by atoms with E-state index in [9.17, 15) is 9.90 Å². The largest absolute Gasteiger partial charge is 0.388 e. The van der Waals surface area contributed by atoms with E-state index < -0.39 is 6.10 Å². The van der Waals surface area contributed by atoms with E-state index >= 15 is 0 Å². The van der Waals surface area contributed by atoms with Crippen molar-refractivity contribution in [2.45, 2.75) is 32.3 Å². The topological polar surface area (TPSA) is 74.2 Å². The van der Waals surface area contributed by atoms with Gasteiger partial charge in [-0.15, -0.1) is 11.3 Å². The molecule has 1 heterocycles. The highest BCUT2D eigenvalue weighted by atomic mass is 32.1. The number of aryl methyl sites for hydroxylation is 1. The average Bonchev–Trinajstić information content (AvgIpc) is 3.03. The lowest BCUT2D eigenvalue weighted by atomic mass is 10.1. The summed E-state index contributed by atoms with van der Waals surface area (Å²) in [5, 5.41) is 18.7. The van der Waals surface area contributed by atoms with Gasteiger partial charge in [0.2, 0.25) is 0 Å². The van der Waals surface area contributed by atoms with Gasteiger partial charge in [-0.1, -0.05) is 37.3 Å². The molecule has 23 heavy (non-hydrogen) atoms. The maximum Gasteiger partial charge on any atom is 0.314 e. The molecule has 0 aliphatic heterocycles. The Labute approximate surface area is 140 Å². The second kappa shape index (κ2) is 9.27. The van der Waals surface area contributed by atoms with Crippen LogP contribution in [0.25, 0.3) is 0 Å². The maximum atomic E-state index is 11.7. The Bertz CT molecular complexity index is 601. The Hall–Kier alpha value is -1.92. The molecule has 0 radical (unpaired) electrons. The molecule has 0 saturated carbocycles. The summed E-state index contributed by atoms with van der Waals surface area (Å²) in [5.41, 5.74) is 1.89. The van der Waals surface area contributed by atoms with Crippen LogP contribution in [-0.2, 0) is 12.8 Å². The number of rotatable bonds is 8. The van der Waals surface area contributed by atoms with E-state index in [1.807, 2.05) is 35.7 Å². The number of urea groups is 1. The third-order valence-electron chi connectivity index (χ3n) is 3.46. The van der Waals surface area contributed by atoms with E-state index in [1.54, 1.807) is 11.3 Å². The molecule has 1 unspecified atom stereocenters. The third kappa shape index (κ3) is 6.00. The van der Waals surface area contributed by atoms with E-state index in [0.717, 1.165) is 29.1 Å². The van der Waals surface area contributed by atoms with Gasteiger partial charge in [-0.2, -0.15) is 0 Å². The predicted octanol–water partition coefficient (Wildman–Crippen LogP) is 2.67. The van der Waals surface area contributed by atoms with Gasteiger partial charge in [0.15, 0.2) is 0 Å². The Kier molecular flexibility index (Phi) is 7.03. The van der Waals surface area contributed by atoms with Gasteiger partial charge in [-0.3, -0.25) is 0 Å². The second-order valence-corrected chi connectivity index (χ2v) is 6.18. The molecule has 0 bridgehead atoms. The van der Waals surface area contributed by atoms with Crippen LogP contribution in [0.1, 0.15) is 35.7 Å². The summed E-state index contributed by atoms with van der Waals surface area (Å²) in [6.07, 6.45) is 1.61. The first-order valence-corrected chi connectivity index (χ1v) is 8.75. The van der Waals surface area contributed by atoms with E-state index in [0.29, 0.717) is 19.5 Å². The van der Waals surface area contributed by atoms with Crippen molar-refractivity contribution in [2.75, 3.05) is 13.1 Å². The van der Waals surface area contributed by atoms with Gasteiger partial charge in [0.1, 0.15) is 0 Å². The Morgan fingerprint density at radius 1 is 1.26 bits per heavy atom. The van der Waals surface area contributed by atoms with Crippen molar-refractivity contribution in [3.05, 3.63) is 52.0 Å². The first-order valence-electron chi connectivity index (χ1n) is 7.87. The van der Waals surface area contributed by atoms with Crippen LogP contribution >= 0.6 is 11.3 Å². The number of aromatic nitrogens is 1. The van der Waals surface area contributed by atoms with Gasteiger partial charge in [-0.25, -0.2) is 9.78 Å². The number of carbonyl (C=O) groups excluding carboxylic acids is 1. The normalized spacial score (nSPS) is 11.9. The lowest BCUT2D eigenvalue weighted by Gasteiger charge is -2.12. The zero-order valence-corrected chi connectivity index (χ0v) is 14.1. The quantitative estimate of drug-likeness (QED) is 0.695. The lowest BCUT2D eigenvalue weighted by molar-refractivity contribution is 0.167. The number of hydrogen-bond acceptors (Lipinski definition) is 4.